The lowest BCUT2D eigenvalue weighted by atomic mass is 10.0. The van der Waals surface area contributed by atoms with E-state index in [4.69, 9.17) is 15.6 Å². The van der Waals surface area contributed by atoms with Gasteiger partial charge in [-0.1, -0.05) is 6.07 Å². The van der Waals surface area contributed by atoms with Crippen molar-refractivity contribution in [2.24, 2.45) is 5.14 Å². The van der Waals surface area contributed by atoms with Gasteiger partial charge in [0.2, 0.25) is 10.0 Å². The minimum absolute atomic E-state index is 0.225. The molecule has 0 amide bonds. The van der Waals surface area contributed by atoms with E-state index in [1.807, 2.05) is 0 Å². The average molecular weight is 316 g/mol. The highest BCUT2D eigenvalue weighted by molar-refractivity contribution is 7.89. The molecule has 1 heterocycles. The lowest BCUT2D eigenvalue weighted by molar-refractivity contribution is -0.384. The smallest absolute Gasteiger partial charge is 0.296 e. The van der Waals surface area contributed by atoms with E-state index in [-0.39, 0.29) is 12.5 Å². The molecule has 1 aliphatic heterocycles. The molecule has 1 saturated heterocycles. The molecule has 0 saturated carbocycles. The number of benzene rings is 1. The second-order valence-corrected chi connectivity index (χ2v) is 6.22. The van der Waals surface area contributed by atoms with Crippen LogP contribution in [0.25, 0.3) is 0 Å². The molecule has 0 aromatic heterocycles. The van der Waals surface area contributed by atoms with Crippen LogP contribution in [0.4, 0.5) is 11.4 Å². The fraction of sp³-hybridized carbons (Fsp3) is 0.455. The Labute approximate surface area is 121 Å². The number of nitrogen functional groups attached to an aromatic ring is 1. The first-order chi connectivity index (χ1) is 9.80. The maximum atomic E-state index is 11.4. The van der Waals surface area contributed by atoms with Gasteiger partial charge < -0.3 is 15.8 Å². The zero-order valence-electron chi connectivity index (χ0n) is 11.1. The summed E-state index contributed by atoms with van der Waals surface area (Å²) in [4.78, 5) is 10.1. The zero-order chi connectivity index (χ0) is 15.6. The van der Waals surface area contributed by atoms with Crippen molar-refractivity contribution in [3.63, 3.8) is 0 Å². The minimum atomic E-state index is -4.11. The zero-order valence-corrected chi connectivity index (χ0v) is 11.9. The predicted molar refractivity (Wildman–Crippen MR) is 75.2 cm³/mol. The first-order valence-corrected chi connectivity index (χ1v) is 7.76. The van der Waals surface area contributed by atoms with E-state index in [0.29, 0.717) is 18.7 Å². The molecular weight excluding hydrogens is 300 g/mol. The number of sulfonamides is 1. The third kappa shape index (κ3) is 3.47. The standard InChI is InChI=1S/C11H16N4O5S/c12-10-9(21(13,18)19)2-1-7(11(10)15(16)17)5-8-6-14-3-4-20-8/h1-2,8,14H,3-6,12H2,(H2,13,18,19). The summed E-state index contributed by atoms with van der Waals surface area (Å²) in [5.74, 6) is 0. The van der Waals surface area contributed by atoms with E-state index >= 15 is 0 Å². The second-order valence-electron chi connectivity index (χ2n) is 4.69. The van der Waals surface area contributed by atoms with Gasteiger partial charge in [0, 0.05) is 25.1 Å². The number of nitrogens with one attached hydrogen (secondary N) is 1. The number of nitro groups is 1. The van der Waals surface area contributed by atoms with Gasteiger partial charge in [0.15, 0.2) is 0 Å². The maximum absolute atomic E-state index is 11.4. The summed E-state index contributed by atoms with van der Waals surface area (Å²) in [5, 5.41) is 19.3. The Kier molecular flexibility index (Phi) is 4.42. The van der Waals surface area contributed by atoms with Crippen LogP contribution in [0.3, 0.4) is 0 Å². The molecule has 10 heteroatoms. The summed E-state index contributed by atoms with van der Waals surface area (Å²) in [7, 11) is -4.11. The third-order valence-corrected chi connectivity index (χ3v) is 4.17. The monoisotopic (exact) mass is 316 g/mol. The Morgan fingerprint density at radius 2 is 2.19 bits per heavy atom. The van der Waals surface area contributed by atoms with E-state index < -0.39 is 31.2 Å². The topological polar surface area (TPSA) is 151 Å². The Balaban J connectivity index is 2.42. The highest BCUT2D eigenvalue weighted by atomic mass is 32.2. The molecular formula is C11H16N4O5S. The van der Waals surface area contributed by atoms with Gasteiger partial charge in [0.25, 0.3) is 5.69 Å². The van der Waals surface area contributed by atoms with Gasteiger partial charge in [-0.2, -0.15) is 0 Å². The summed E-state index contributed by atoms with van der Waals surface area (Å²) >= 11 is 0. The first-order valence-electron chi connectivity index (χ1n) is 6.21. The largest absolute Gasteiger partial charge is 0.392 e. The van der Waals surface area contributed by atoms with Crippen molar-refractivity contribution in [2.75, 3.05) is 25.4 Å². The lowest BCUT2D eigenvalue weighted by Crippen LogP contribution is -2.39. The molecule has 1 unspecified atom stereocenters. The van der Waals surface area contributed by atoms with Gasteiger partial charge in [-0.15, -0.1) is 0 Å². The predicted octanol–water partition coefficient (Wildman–Crippen LogP) is -0.645. The van der Waals surface area contributed by atoms with Crippen LogP contribution in [-0.4, -0.2) is 39.1 Å². The van der Waals surface area contributed by atoms with Gasteiger partial charge in [-0.3, -0.25) is 10.1 Å². The van der Waals surface area contributed by atoms with Gasteiger partial charge in [-0.25, -0.2) is 13.6 Å². The third-order valence-electron chi connectivity index (χ3n) is 3.20. The van der Waals surface area contributed by atoms with Crippen LogP contribution in [0, 0.1) is 10.1 Å². The van der Waals surface area contributed by atoms with Gasteiger partial charge in [-0.05, 0) is 6.07 Å². The van der Waals surface area contributed by atoms with Crippen LogP contribution < -0.4 is 16.2 Å². The maximum Gasteiger partial charge on any atom is 0.296 e. The van der Waals surface area contributed by atoms with Crippen LogP contribution >= 0.6 is 0 Å². The first kappa shape index (κ1) is 15.6. The molecule has 0 radical (unpaired) electrons. The van der Waals surface area contributed by atoms with Crippen molar-refractivity contribution in [2.45, 2.75) is 17.4 Å². The van der Waals surface area contributed by atoms with Gasteiger partial charge in [0.05, 0.1) is 17.6 Å². The quantitative estimate of drug-likeness (QED) is 0.379. The van der Waals surface area contributed by atoms with Crippen LogP contribution in [0.2, 0.25) is 0 Å². The molecule has 0 bridgehead atoms. The van der Waals surface area contributed by atoms with Crippen molar-refractivity contribution in [3.05, 3.63) is 27.8 Å². The van der Waals surface area contributed by atoms with Crippen molar-refractivity contribution in [3.8, 4) is 0 Å². The summed E-state index contributed by atoms with van der Waals surface area (Å²) in [6.07, 6.45) is 0.0375. The minimum Gasteiger partial charge on any atom is -0.392 e. The number of nitro benzene ring substituents is 1. The van der Waals surface area contributed by atoms with Crippen molar-refractivity contribution < 1.29 is 18.1 Å². The number of ether oxygens (including phenoxy) is 1. The Morgan fingerprint density at radius 3 is 2.71 bits per heavy atom. The summed E-state index contributed by atoms with van der Waals surface area (Å²) in [6, 6.07) is 2.54. The average Bonchev–Trinajstić information content (AvgIpc) is 2.38. The summed E-state index contributed by atoms with van der Waals surface area (Å²) in [6.45, 7) is 1.81. The molecule has 5 N–H and O–H groups in total. The highest BCUT2D eigenvalue weighted by Gasteiger charge is 2.27. The van der Waals surface area contributed by atoms with E-state index in [1.165, 1.54) is 12.1 Å². The van der Waals surface area contributed by atoms with Crippen molar-refractivity contribution in [1.29, 1.82) is 0 Å². The Hall–Kier alpha value is -1.75. The number of nitrogens with two attached hydrogens (primary N) is 2. The normalized spacial score (nSPS) is 19.4. The molecule has 1 fully saturated rings. The second kappa shape index (κ2) is 5.93. The fourth-order valence-electron chi connectivity index (χ4n) is 2.26. The highest BCUT2D eigenvalue weighted by Crippen LogP contribution is 2.32. The molecule has 116 valence electrons. The molecule has 21 heavy (non-hydrogen) atoms. The molecule has 1 aliphatic rings. The van der Waals surface area contributed by atoms with Crippen LogP contribution in [0.5, 0.6) is 0 Å². The molecule has 0 spiro atoms. The summed E-state index contributed by atoms with van der Waals surface area (Å²) in [5.41, 5.74) is 5.06. The van der Waals surface area contributed by atoms with Crippen LogP contribution in [0.15, 0.2) is 17.0 Å². The molecule has 0 aliphatic carbocycles. The van der Waals surface area contributed by atoms with Crippen molar-refractivity contribution in [1.82, 2.24) is 5.32 Å². The van der Waals surface area contributed by atoms with Crippen LogP contribution in [-0.2, 0) is 21.2 Å². The van der Waals surface area contributed by atoms with E-state index in [1.54, 1.807) is 0 Å². The number of hydrogen-bond acceptors (Lipinski definition) is 7. The van der Waals surface area contributed by atoms with E-state index in [0.717, 1.165) is 6.54 Å². The number of primary sulfonamides is 1. The van der Waals surface area contributed by atoms with Gasteiger partial charge >= 0.3 is 0 Å². The number of anilines is 1. The van der Waals surface area contributed by atoms with E-state index in [9.17, 15) is 18.5 Å². The molecule has 1 aromatic rings. The summed E-state index contributed by atoms with van der Waals surface area (Å²) < 4.78 is 28.2. The Morgan fingerprint density at radius 1 is 1.48 bits per heavy atom. The van der Waals surface area contributed by atoms with Crippen LogP contribution in [0.1, 0.15) is 5.56 Å². The Bertz CT molecular complexity index is 655. The van der Waals surface area contributed by atoms with Gasteiger partial charge in [0.1, 0.15) is 10.6 Å². The molecule has 9 nitrogen and oxygen atoms in total. The lowest BCUT2D eigenvalue weighted by Gasteiger charge is -2.23. The molecule has 1 atom stereocenters. The number of nitrogens with zero attached hydrogens (tertiary/aromatic N) is 1. The van der Waals surface area contributed by atoms with E-state index in [2.05, 4.69) is 5.32 Å². The molecule has 2 rings (SSSR count). The fourth-order valence-corrected chi connectivity index (χ4v) is 2.92. The number of morpholine rings is 1. The number of hydrogen-bond donors (Lipinski definition) is 3. The SMILES string of the molecule is Nc1c(S(N)(=O)=O)ccc(CC2CNCCO2)c1[N+](=O)[O-]. The van der Waals surface area contributed by atoms with Crippen molar-refractivity contribution >= 4 is 21.4 Å². The molecule has 1 aromatic carbocycles. The number of rotatable bonds is 4.